The van der Waals surface area contributed by atoms with Crippen LogP contribution >= 0.6 is 7.82 Å². The number of phosphoric ester groups is 1. The molecular formula is C47H81O14P. The maximum atomic E-state index is 12.8. The monoisotopic (exact) mass is 901 g/mol. The van der Waals surface area contributed by atoms with Crippen LogP contribution in [0.2, 0.25) is 0 Å². The number of hydrogen-bond donors (Lipinski definition) is 7. The molecule has 1 rings (SSSR count). The van der Waals surface area contributed by atoms with Crippen molar-refractivity contribution in [1.82, 2.24) is 0 Å². The standard InChI is InChI=1S/C47H81O14P/c1-3-5-7-8-9-10-11-12-13-14-17-20-23-26-30-34-40(49)58-36-39(37-59-62(56,57)61-47-45(54)43(52)42(51)44(53)46(47)55)60-41(50)35-31-27-24-21-18-15-16-19-22-25-29-33-38(48)32-28-6-4-2/h12-13,15-16,21-22,24-25,29,33,38-39,42-48,51-55H,3-11,14,17-20,23,26-28,30-32,34-37H2,1-2H3,(H,56,57)/b13-12-,16-15-,24-21-,25-22-,33-29+/t38-,39+,42?,43-,44+,45+,46+,47?/m0/s1. The minimum Gasteiger partial charge on any atom is -0.462 e. The second-order valence-electron chi connectivity index (χ2n) is 16.1. The van der Waals surface area contributed by atoms with Crippen LogP contribution in [-0.4, -0.2) is 110 Å². The van der Waals surface area contributed by atoms with Crippen molar-refractivity contribution in [2.75, 3.05) is 13.2 Å². The second-order valence-corrected chi connectivity index (χ2v) is 17.5. The summed E-state index contributed by atoms with van der Waals surface area (Å²) in [7, 11) is -5.15. The van der Waals surface area contributed by atoms with E-state index in [4.69, 9.17) is 18.5 Å². The number of esters is 2. The van der Waals surface area contributed by atoms with Crippen LogP contribution in [0.1, 0.15) is 162 Å². The number of rotatable bonds is 37. The van der Waals surface area contributed by atoms with Crippen LogP contribution in [-0.2, 0) is 32.7 Å². The molecule has 14 nitrogen and oxygen atoms in total. The van der Waals surface area contributed by atoms with Crippen molar-refractivity contribution in [3.63, 3.8) is 0 Å². The number of aliphatic hydroxyl groups excluding tert-OH is 6. The molecule has 358 valence electrons. The van der Waals surface area contributed by atoms with Crippen molar-refractivity contribution < 1.29 is 68.2 Å². The molecule has 0 radical (unpaired) electrons. The van der Waals surface area contributed by atoms with E-state index >= 15 is 0 Å². The lowest BCUT2D eigenvalue weighted by atomic mass is 9.85. The average Bonchev–Trinajstić information content (AvgIpc) is 3.25. The zero-order valence-corrected chi connectivity index (χ0v) is 38.4. The van der Waals surface area contributed by atoms with Crippen molar-refractivity contribution in [3.05, 3.63) is 60.8 Å². The van der Waals surface area contributed by atoms with E-state index in [-0.39, 0.29) is 12.8 Å². The molecule has 0 saturated heterocycles. The Morgan fingerprint density at radius 2 is 1.08 bits per heavy atom. The van der Waals surface area contributed by atoms with E-state index in [9.17, 15) is 49.7 Å². The summed E-state index contributed by atoms with van der Waals surface area (Å²) >= 11 is 0. The quantitative estimate of drug-likeness (QED) is 0.0103. The largest absolute Gasteiger partial charge is 0.472 e. The molecule has 0 spiro atoms. The van der Waals surface area contributed by atoms with E-state index < -0.39 is 81.8 Å². The third kappa shape index (κ3) is 29.1. The van der Waals surface area contributed by atoms with E-state index in [1.54, 1.807) is 6.08 Å². The molecule has 0 aromatic carbocycles. The fourth-order valence-corrected chi connectivity index (χ4v) is 7.59. The van der Waals surface area contributed by atoms with E-state index in [0.717, 1.165) is 70.6 Å². The summed E-state index contributed by atoms with van der Waals surface area (Å²) in [5.74, 6) is -1.20. The lowest BCUT2D eigenvalue weighted by molar-refractivity contribution is -0.220. The molecule has 0 bridgehead atoms. The van der Waals surface area contributed by atoms with Crippen LogP contribution in [0.5, 0.6) is 0 Å². The van der Waals surface area contributed by atoms with Crippen molar-refractivity contribution in [2.45, 2.75) is 210 Å². The molecule has 1 saturated carbocycles. The van der Waals surface area contributed by atoms with Gasteiger partial charge < -0.3 is 45.0 Å². The Morgan fingerprint density at radius 3 is 1.73 bits per heavy atom. The summed E-state index contributed by atoms with van der Waals surface area (Å²) in [5, 5.41) is 60.0. The van der Waals surface area contributed by atoms with Gasteiger partial charge >= 0.3 is 19.8 Å². The van der Waals surface area contributed by atoms with Gasteiger partial charge in [-0.05, 0) is 64.2 Å². The molecule has 0 aromatic heterocycles. The zero-order chi connectivity index (χ0) is 45.9. The number of unbranched alkanes of at least 4 members (excludes halogenated alkanes) is 14. The third-order valence-electron chi connectivity index (χ3n) is 10.4. The molecule has 1 fully saturated rings. The number of carbonyl (C=O) groups excluding carboxylic acids is 2. The molecule has 1 aliphatic rings. The van der Waals surface area contributed by atoms with Crippen molar-refractivity contribution in [1.29, 1.82) is 0 Å². The van der Waals surface area contributed by atoms with Crippen LogP contribution in [0.15, 0.2) is 60.8 Å². The van der Waals surface area contributed by atoms with Gasteiger partial charge in [-0.15, -0.1) is 0 Å². The lowest BCUT2D eigenvalue weighted by Gasteiger charge is -2.41. The molecule has 0 amide bonds. The van der Waals surface area contributed by atoms with Gasteiger partial charge in [0.1, 0.15) is 43.2 Å². The molecule has 0 aromatic rings. The normalized spacial score (nSPS) is 22.9. The third-order valence-corrected chi connectivity index (χ3v) is 11.4. The van der Waals surface area contributed by atoms with Gasteiger partial charge in [-0.25, -0.2) is 4.57 Å². The SMILES string of the molecule is CCCCCCCC/C=C\CCCCCCCC(=O)OC[C@H](COP(=O)(O)OC1[C@H](O)[C@H](O)C(O)[C@H](O)[C@H]1O)OC(=O)CCC/C=C\C/C=C\C/C=C\C=C\[C@@H](O)CCCCC. The predicted molar refractivity (Wildman–Crippen MR) is 241 cm³/mol. The van der Waals surface area contributed by atoms with Crippen LogP contribution in [0.25, 0.3) is 0 Å². The number of ether oxygens (including phenoxy) is 2. The second kappa shape index (κ2) is 36.8. The number of carbonyl (C=O) groups is 2. The Hall–Kier alpha value is -2.49. The van der Waals surface area contributed by atoms with E-state index in [2.05, 4.69) is 26.0 Å². The summed E-state index contributed by atoms with van der Waals surface area (Å²) in [6.45, 7) is 3.11. The van der Waals surface area contributed by atoms with Crippen molar-refractivity contribution in [2.24, 2.45) is 0 Å². The minimum absolute atomic E-state index is 0.00297. The van der Waals surface area contributed by atoms with Gasteiger partial charge in [-0.2, -0.15) is 0 Å². The first-order chi connectivity index (χ1) is 29.8. The van der Waals surface area contributed by atoms with Gasteiger partial charge in [0, 0.05) is 12.8 Å². The maximum absolute atomic E-state index is 12.8. The molecule has 0 heterocycles. The highest BCUT2D eigenvalue weighted by Gasteiger charge is 2.51. The van der Waals surface area contributed by atoms with Crippen molar-refractivity contribution >= 4 is 19.8 Å². The van der Waals surface area contributed by atoms with Crippen molar-refractivity contribution in [3.8, 4) is 0 Å². The van der Waals surface area contributed by atoms with Gasteiger partial charge in [-0.3, -0.25) is 18.6 Å². The molecule has 62 heavy (non-hydrogen) atoms. The van der Waals surface area contributed by atoms with E-state index in [1.807, 2.05) is 42.5 Å². The summed E-state index contributed by atoms with van der Waals surface area (Å²) in [5.41, 5.74) is 0. The van der Waals surface area contributed by atoms with Crippen LogP contribution in [0.4, 0.5) is 0 Å². The van der Waals surface area contributed by atoms with Gasteiger partial charge in [0.25, 0.3) is 0 Å². The molecule has 0 aliphatic heterocycles. The van der Waals surface area contributed by atoms with E-state index in [0.29, 0.717) is 25.7 Å². The van der Waals surface area contributed by atoms with Gasteiger partial charge in [0.2, 0.25) is 0 Å². The fourth-order valence-electron chi connectivity index (χ4n) is 6.62. The van der Waals surface area contributed by atoms with Gasteiger partial charge in [0.15, 0.2) is 6.10 Å². The van der Waals surface area contributed by atoms with Crippen LogP contribution in [0, 0.1) is 0 Å². The van der Waals surface area contributed by atoms with Crippen LogP contribution in [0.3, 0.4) is 0 Å². The van der Waals surface area contributed by atoms with Crippen LogP contribution < -0.4 is 0 Å². The number of hydrogen-bond acceptors (Lipinski definition) is 13. The zero-order valence-electron chi connectivity index (χ0n) is 37.5. The summed E-state index contributed by atoms with van der Waals surface area (Å²) in [6, 6.07) is 0. The molecule has 7 N–H and O–H groups in total. The first-order valence-corrected chi connectivity index (χ1v) is 24.7. The molecule has 9 atom stereocenters. The Labute approximate surface area is 371 Å². The molecule has 3 unspecified atom stereocenters. The smallest absolute Gasteiger partial charge is 0.462 e. The highest BCUT2D eigenvalue weighted by atomic mass is 31.2. The number of allylic oxidation sites excluding steroid dienone is 9. The van der Waals surface area contributed by atoms with E-state index in [1.165, 1.54) is 38.5 Å². The number of phosphoric acid groups is 1. The van der Waals surface area contributed by atoms with Gasteiger partial charge in [-0.1, -0.05) is 145 Å². The minimum atomic E-state index is -5.15. The Morgan fingerprint density at radius 1 is 0.581 bits per heavy atom. The molecular weight excluding hydrogens is 819 g/mol. The Kier molecular flexibility index (Phi) is 34.2. The average molecular weight is 901 g/mol. The lowest BCUT2D eigenvalue weighted by Crippen LogP contribution is -2.64. The maximum Gasteiger partial charge on any atom is 0.472 e. The Bertz CT molecular complexity index is 1330. The summed E-state index contributed by atoms with van der Waals surface area (Å²) < 4.78 is 33.4. The fraction of sp³-hybridized carbons (Fsp3) is 0.745. The highest BCUT2D eigenvalue weighted by molar-refractivity contribution is 7.47. The van der Waals surface area contributed by atoms with Gasteiger partial charge in [0.05, 0.1) is 12.7 Å². The molecule has 15 heteroatoms. The summed E-state index contributed by atoms with van der Waals surface area (Å²) in [6.07, 6.45) is 27.4. The molecule has 1 aliphatic carbocycles. The highest BCUT2D eigenvalue weighted by Crippen LogP contribution is 2.47. The predicted octanol–water partition coefficient (Wildman–Crippen LogP) is 7.92. The number of aliphatic hydroxyl groups is 6. The summed E-state index contributed by atoms with van der Waals surface area (Å²) in [4.78, 5) is 35.7. The Balaban J connectivity index is 2.54. The topological polar surface area (TPSA) is 230 Å². The first-order valence-electron chi connectivity index (χ1n) is 23.2. The first kappa shape index (κ1) is 57.5.